The van der Waals surface area contributed by atoms with E-state index in [-0.39, 0.29) is 10.8 Å². The van der Waals surface area contributed by atoms with Crippen molar-refractivity contribution in [2.75, 3.05) is 0 Å². The molecule has 0 unspecified atom stereocenters. The first-order valence-corrected chi connectivity index (χ1v) is 4.74. The Morgan fingerprint density at radius 1 is 1.50 bits per heavy atom. The normalized spacial score (nSPS) is 10.7. The van der Waals surface area contributed by atoms with Crippen LogP contribution in [0.2, 0.25) is 0 Å². The Morgan fingerprint density at radius 3 is 2.86 bits per heavy atom. The molecule has 0 radical (unpaired) electrons. The first-order chi connectivity index (χ1) is 6.59. The first-order valence-electron chi connectivity index (χ1n) is 3.92. The second kappa shape index (κ2) is 3.02. The van der Waals surface area contributed by atoms with Gasteiger partial charge in [0.2, 0.25) is 0 Å². The highest BCUT2D eigenvalue weighted by atomic mass is 32.1. The molecule has 0 spiro atoms. The lowest BCUT2D eigenvalue weighted by Crippen LogP contribution is -1.82. The molecule has 0 aliphatic carbocycles. The van der Waals surface area contributed by atoms with Crippen molar-refractivity contribution in [2.45, 2.75) is 6.92 Å². The van der Waals surface area contributed by atoms with Crippen LogP contribution in [0.5, 0.6) is 0 Å². The largest absolute Gasteiger partial charge is 0.325 e. The molecule has 0 N–H and O–H groups in total. The maximum atomic E-state index is 13.5. The number of aryl methyl sites for hydroxylation is 1. The summed E-state index contributed by atoms with van der Waals surface area (Å²) in [5.74, 6) is -0.369. The molecule has 2 aromatic rings. The number of thiophene rings is 1. The van der Waals surface area contributed by atoms with Gasteiger partial charge >= 0.3 is 5.00 Å². The van der Waals surface area contributed by atoms with E-state index in [0.29, 0.717) is 15.6 Å². The highest BCUT2D eigenvalue weighted by Crippen LogP contribution is 2.33. The van der Waals surface area contributed by atoms with Gasteiger partial charge in [-0.3, -0.25) is 10.1 Å². The topological polar surface area (TPSA) is 43.1 Å². The SMILES string of the molecule is Cc1ccc2sc([N+](=O)[O-])cc2c1F. The van der Waals surface area contributed by atoms with Gasteiger partial charge < -0.3 is 0 Å². The fourth-order valence-electron chi connectivity index (χ4n) is 1.26. The van der Waals surface area contributed by atoms with Crippen molar-refractivity contribution in [3.05, 3.63) is 39.7 Å². The second-order valence-corrected chi connectivity index (χ2v) is 4.01. The Morgan fingerprint density at radius 2 is 2.21 bits per heavy atom. The molecule has 1 aromatic heterocycles. The number of hydrogen-bond donors (Lipinski definition) is 0. The van der Waals surface area contributed by atoms with Crippen LogP contribution >= 0.6 is 11.3 Å². The van der Waals surface area contributed by atoms with Crippen molar-refractivity contribution in [3.8, 4) is 0 Å². The Balaban J connectivity index is 2.77. The number of hydrogen-bond acceptors (Lipinski definition) is 3. The summed E-state index contributed by atoms with van der Waals surface area (Å²) in [5, 5.41) is 10.8. The number of fused-ring (bicyclic) bond motifs is 1. The van der Waals surface area contributed by atoms with Gasteiger partial charge in [0.15, 0.2) is 0 Å². The lowest BCUT2D eigenvalue weighted by Gasteiger charge is -1.94. The first kappa shape index (κ1) is 9.08. The van der Waals surface area contributed by atoms with Gasteiger partial charge in [0, 0.05) is 16.2 Å². The molecule has 0 aliphatic rings. The van der Waals surface area contributed by atoms with Crippen LogP contribution < -0.4 is 0 Å². The molecule has 0 saturated heterocycles. The Hall–Kier alpha value is -1.49. The lowest BCUT2D eigenvalue weighted by atomic mass is 10.2. The van der Waals surface area contributed by atoms with Crippen molar-refractivity contribution in [2.24, 2.45) is 0 Å². The van der Waals surface area contributed by atoms with Crippen LogP contribution in [0.4, 0.5) is 9.39 Å². The maximum absolute atomic E-state index is 13.5. The van der Waals surface area contributed by atoms with Crippen LogP contribution in [-0.4, -0.2) is 4.92 Å². The summed E-state index contributed by atoms with van der Waals surface area (Å²) >= 11 is 0.989. The number of nitro groups is 1. The molecule has 1 heterocycles. The van der Waals surface area contributed by atoms with Crippen molar-refractivity contribution in [3.63, 3.8) is 0 Å². The molecule has 3 nitrogen and oxygen atoms in total. The van der Waals surface area contributed by atoms with Gasteiger partial charge in [0.25, 0.3) is 0 Å². The molecule has 0 aliphatic heterocycles. The van der Waals surface area contributed by atoms with E-state index in [9.17, 15) is 14.5 Å². The zero-order valence-corrected chi connectivity index (χ0v) is 8.10. The zero-order valence-electron chi connectivity index (χ0n) is 7.28. The second-order valence-electron chi connectivity index (χ2n) is 2.95. The van der Waals surface area contributed by atoms with E-state index in [1.54, 1.807) is 19.1 Å². The summed E-state index contributed by atoms with van der Waals surface area (Å²) in [6.07, 6.45) is 0. The summed E-state index contributed by atoms with van der Waals surface area (Å²) < 4.78 is 14.1. The smallest absolute Gasteiger partial charge is 0.258 e. The highest BCUT2D eigenvalue weighted by molar-refractivity contribution is 7.22. The zero-order chi connectivity index (χ0) is 10.3. The monoisotopic (exact) mass is 211 g/mol. The number of nitrogens with zero attached hydrogens (tertiary/aromatic N) is 1. The lowest BCUT2D eigenvalue weighted by molar-refractivity contribution is -0.380. The van der Waals surface area contributed by atoms with Crippen LogP contribution in [0, 0.1) is 22.9 Å². The third kappa shape index (κ3) is 1.26. The van der Waals surface area contributed by atoms with E-state index in [4.69, 9.17) is 0 Å². The van der Waals surface area contributed by atoms with Crippen molar-refractivity contribution in [1.82, 2.24) is 0 Å². The van der Waals surface area contributed by atoms with Gasteiger partial charge in [-0.2, -0.15) is 0 Å². The van der Waals surface area contributed by atoms with Crippen LogP contribution in [0.25, 0.3) is 10.1 Å². The number of halogens is 1. The average molecular weight is 211 g/mol. The fourth-order valence-corrected chi connectivity index (χ4v) is 2.13. The fraction of sp³-hybridized carbons (Fsp3) is 0.111. The molecule has 0 bridgehead atoms. The Bertz CT molecular complexity index is 521. The molecule has 1 aromatic carbocycles. The van der Waals surface area contributed by atoms with Gasteiger partial charge in [-0.15, -0.1) is 0 Å². The van der Waals surface area contributed by atoms with Gasteiger partial charge in [0.1, 0.15) is 5.82 Å². The molecule has 72 valence electrons. The van der Waals surface area contributed by atoms with Crippen molar-refractivity contribution >= 4 is 26.4 Å². The number of rotatable bonds is 1. The van der Waals surface area contributed by atoms with Crippen LogP contribution in [0.3, 0.4) is 0 Å². The standard InChI is InChI=1S/C9H6FNO2S/c1-5-2-3-7-6(9(5)10)4-8(14-7)11(12)13/h2-4H,1H3. The van der Waals surface area contributed by atoms with Crippen LogP contribution in [0.15, 0.2) is 18.2 Å². The minimum absolute atomic E-state index is 0.0236. The highest BCUT2D eigenvalue weighted by Gasteiger charge is 2.14. The molecule has 0 atom stereocenters. The Kier molecular flexibility index (Phi) is 1.96. The van der Waals surface area contributed by atoms with Crippen molar-refractivity contribution < 1.29 is 9.31 Å². The Labute approximate surface area is 82.9 Å². The molecule has 2 rings (SSSR count). The maximum Gasteiger partial charge on any atom is 0.325 e. The van der Waals surface area contributed by atoms with Crippen molar-refractivity contribution in [1.29, 1.82) is 0 Å². The van der Waals surface area contributed by atoms with E-state index in [0.717, 1.165) is 11.3 Å². The van der Waals surface area contributed by atoms with Gasteiger partial charge in [-0.05, 0) is 18.6 Å². The van der Waals surface area contributed by atoms with Gasteiger partial charge in [-0.1, -0.05) is 17.4 Å². The van der Waals surface area contributed by atoms with Gasteiger partial charge in [-0.25, -0.2) is 4.39 Å². The molecular weight excluding hydrogens is 205 g/mol. The third-order valence-corrected chi connectivity index (χ3v) is 3.05. The van der Waals surface area contributed by atoms with Crippen LogP contribution in [0.1, 0.15) is 5.56 Å². The van der Waals surface area contributed by atoms with E-state index in [2.05, 4.69) is 0 Å². The van der Waals surface area contributed by atoms with Crippen LogP contribution in [-0.2, 0) is 0 Å². The summed E-state index contributed by atoms with van der Waals surface area (Å²) in [6, 6.07) is 4.60. The molecule has 14 heavy (non-hydrogen) atoms. The predicted octanol–water partition coefficient (Wildman–Crippen LogP) is 3.26. The third-order valence-electron chi connectivity index (χ3n) is 2.00. The number of benzene rings is 1. The summed E-state index contributed by atoms with van der Waals surface area (Å²) in [4.78, 5) is 9.96. The summed E-state index contributed by atoms with van der Waals surface area (Å²) in [6.45, 7) is 1.64. The molecule has 0 amide bonds. The molecule has 5 heteroatoms. The predicted molar refractivity (Wildman–Crippen MR) is 53.2 cm³/mol. The van der Waals surface area contributed by atoms with Gasteiger partial charge in [0.05, 0.1) is 4.92 Å². The van der Waals surface area contributed by atoms with E-state index >= 15 is 0 Å². The van der Waals surface area contributed by atoms with E-state index < -0.39 is 4.92 Å². The molecule has 0 saturated carbocycles. The quantitative estimate of drug-likeness (QED) is 0.536. The minimum atomic E-state index is -0.501. The molecular formula is C9H6FNO2S. The van der Waals surface area contributed by atoms with E-state index in [1.165, 1.54) is 6.07 Å². The van der Waals surface area contributed by atoms with E-state index in [1.807, 2.05) is 0 Å². The minimum Gasteiger partial charge on any atom is -0.258 e. The molecule has 0 fully saturated rings. The summed E-state index contributed by atoms with van der Waals surface area (Å²) in [7, 11) is 0. The average Bonchev–Trinajstić information content (AvgIpc) is 2.56. The summed E-state index contributed by atoms with van der Waals surface area (Å²) in [5.41, 5.74) is 0.505.